The molecule has 1 N–H and O–H groups in total. The summed E-state index contributed by atoms with van der Waals surface area (Å²) in [6, 6.07) is 0. The molecule has 4 rings (SSSR count). The third kappa shape index (κ3) is 2.40. The number of rotatable bonds is 3. The third-order valence-electron chi connectivity index (χ3n) is 8.72. The smallest absolute Gasteiger partial charge is 0.309 e. The average molecular weight is 360 g/mol. The summed E-state index contributed by atoms with van der Waals surface area (Å²) in [6.45, 7) is 6.31. The maximum absolute atomic E-state index is 12.1. The molecule has 6 atom stereocenters. The molecule has 4 aliphatic carbocycles. The van der Waals surface area contributed by atoms with Crippen molar-refractivity contribution in [2.45, 2.75) is 72.1 Å². The Morgan fingerprint density at radius 3 is 2.62 bits per heavy atom. The van der Waals surface area contributed by atoms with Crippen molar-refractivity contribution < 1.29 is 19.4 Å². The largest absolute Gasteiger partial charge is 0.481 e. The van der Waals surface area contributed by atoms with Crippen LogP contribution in [0.1, 0.15) is 72.1 Å². The monoisotopic (exact) mass is 360 g/mol. The zero-order valence-electron chi connectivity index (χ0n) is 16.3. The van der Waals surface area contributed by atoms with E-state index in [2.05, 4.69) is 13.0 Å². The number of hydrogen-bond donors (Lipinski definition) is 1. The number of carbonyl (C=O) groups is 2. The van der Waals surface area contributed by atoms with Gasteiger partial charge in [-0.25, -0.2) is 0 Å². The van der Waals surface area contributed by atoms with E-state index >= 15 is 0 Å². The van der Waals surface area contributed by atoms with Crippen LogP contribution >= 0.6 is 0 Å². The standard InChI is InChI=1S/C22H32O4/c1-14(23)26-13-16-12-22-10-7-17-20(2,18(22)6-5-15(16)11-22)8-4-9-21(17,3)19(24)25/h12,15,17-18H,4-11,13H2,1-3H3,(H,24,25)/t15-,17+,18+,20-,21-,22+/m1/s1. The number of hydrogen-bond acceptors (Lipinski definition) is 3. The highest BCUT2D eigenvalue weighted by molar-refractivity contribution is 5.75. The predicted octanol–water partition coefficient (Wildman–Crippen LogP) is 4.58. The van der Waals surface area contributed by atoms with Crippen molar-refractivity contribution in [1.29, 1.82) is 0 Å². The van der Waals surface area contributed by atoms with Crippen molar-refractivity contribution in [3.05, 3.63) is 11.6 Å². The highest BCUT2D eigenvalue weighted by Gasteiger charge is 2.64. The fourth-order valence-corrected chi connectivity index (χ4v) is 7.65. The summed E-state index contributed by atoms with van der Waals surface area (Å²) in [4.78, 5) is 23.4. The minimum Gasteiger partial charge on any atom is -0.481 e. The van der Waals surface area contributed by atoms with Crippen LogP contribution in [0.25, 0.3) is 0 Å². The van der Waals surface area contributed by atoms with Gasteiger partial charge < -0.3 is 9.84 Å². The molecule has 0 aromatic rings. The molecule has 3 saturated carbocycles. The Balaban J connectivity index is 1.66. The number of allylic oxidation sites excluding steroid dienone is 1. The summed E-state index contributed by atoms with van der Waals surface area (Å²) >= 11 is 0. The molecule has 0 aromatic heterocycles. The minimum atomic E-state index is -0.601. The molecule has 0 heterocycles. The van der Waals surface area contributed by atoms with E-state index in [4.69, 9.17) is 4.74 Å². The van der Waals surface area contributed by atoms with E-state index in [1.165, 1.54) is 25.3 Å². The molecule has 0 aromatic carbocycles. The van der Waals surface area contributed by atoms with E-state index in [1.807, 2.05) is 6.92 Å². The van der Waals surface area contributed by atoms with Gasteiger partial charge in [0.2, 0.25) is 0 Å². The van der Waals surface area contributed by atoms with Crippen molar-refractivity contribution in [3.63, 3.8) is 0 Å². The van der Waals surface area contributed by atoms with E-state index in [0.717, 1.165) is 38.5 Å². The van der Waals surface area contributed by atoms with Gasteiger partial charge in [0.1, 0.15) is 6.61 Å². The molecule has 4 aliphatic rings. The average Bonchev–Trinajstić information content (AvgIpc) is 2.82. The zero-order valence-corrected chi connectivity index (χ0v) is 16.3. The predicted molar refractivity (Wildman–Crippen MR) is 98.4 cm³/mol. The van der Waals surface area contributed by atoms with Crippen LogP contribution in [-0.2, 0) is 14.3 Å². The van der Waals surface area contributed by atoms with Crippen molar-refractivity contribution >= 4 is 11.9 Å². The summed E-state index contributed by atoms with van der Waals surface area (Å²) < 4.78 is 5.32. The second-order valence-corrected chi connectivity index (χ2v) is 9.94. The normalized spacial score (nSPS) is 46.7. The lowest BCUT2D eigenvalue weighted by Crippen LogP contribution is -2.58. The number of carbonyl (C=O) groups excluding carboxylic acids is 1. The Kier molecular flexibility index (Phi) is 4.06. The van der Waals surface area contributed by atoms with Gasteiger partial charge in [-0.2, -0.15) is 0 Å². The van der Waals surface area contributed by atoms with Crippen LogP contribution in [0.3, 0.4) is 0 Å². The Morgan fingerprint density at radius 1 is 1.15 bits per heavy atom. The lowest BCUT2D eigenvalue weighted by Gasteiger charge is -2.63. The first kappa shape index (κ1) is 18.1. The van der Waals surface area contributed by atoms with Gasteiger partial charge in [0.05, 0.1) is 5.41 Å². The van der Waals surface area contributed by atoms with E-state index in [1.54, 1.807) is 0 Å². The molecule has 0 unspecified atom stereocenters. The molecule has 1 spiro atoms. The highest BCUT2D eigenvalue weighted by Crippen LogP contribution is 2.70. The van der Waals surface area contributed by atoms with Gasteiger partial charge in [-0.1, -0.05) is 19.4 Å². The van der Waals surface area contributed by atoms with Crippen LogP contribution in [0.15, 0.2) is 11.6 Å². The van der Waals surface area contributed by atoms with Gasteiger partial charge in [-0.15, -0.1) is 0 Å². The fourth-order valence-electron chi connectivity index (χ4n) is 7.65. The maximum Gasteiger partial charge on any atom is 0.309 e. The number of fused-ring (bicyclic) bond motifs is 3. The van der Waals surface area contributed by atoms with Crippen LogP contribution in [0, 0.1) is 34.0 Å². The molecule has 0 amide bonds. The summed E-state index contributed by atoms with van der Waals surface area (Å²) in [5.74, 6) is 0.593. The van der Waals surface area contributed by atoms with Crippen LogP contribution in [0.5, 0.6) is 0 Å². The van der Waals surface area contributed by atoms with E-state index in [-0.39, 0.29) is 22.7 Å². The Morgan fingerprint density at radius 2 is 1.92 bits per heavy atom. The SMILES string of the molecule is CC(=O)OCC1=C[C@@]23CC[C@H]4[C@@](C)(CCC[C@@]4(C)C(=O)O)[C@@H]2CC[C@@H]1C3. The summed E-state index contributed by atoms with van der Waals surface area (Å²) in [5.41, 5.74) is 1.07. The van der Waals surface area contributed by atoms with Gasteiger partial charge in [-0.05, 0) is 86.0 Å². The fraction of sp³-hybridized carbons (Fsp3) is 0.818. The molecule has 3 fully saturated rings. The first-order valence-electron chi connectivity index (χ1n) is 10.3. The Labute approximate surface area is 156 Å². The molecule has 2 bridgehead atoms. The maximum atomic E-state index is 12.1. The third-order valence-corrected chi connectivity index (χ3v) is 8.72. The van der Waals surface area contributed by atoms with Crippen LogP contribution < -0.4 is 0 Å². The highest BCUT2D eigenvalue weighted by atomic mass is 16.5. The Bertz CT molecular complexity index is 667. The summed E-state index contributed by atoms with van der Waals surface area (Å²) in [5, 5.41) is 9.98. The van der Waals surface area contributed by atoms with Crippen LogP contribution in [-0.4, -0.2) is 23.7 Å². The first-order valence-corrected chi connectivity index (χ1v) is 10.3. The lowest BCUT2D eigenvalue weighted by atomic mass is 9.41. The van der Waals surface area contributed by atoms with Gasteiger partial charge in [0.15, 0.2) is 0 Å². The quantitative estimate of drug-likeness (QED) is 0.591. The molecule has 26 heavy (non-hydrogen) atoms. The topological polar surface area (TPSA) is 63.6 Å². The molecule has 144 valence electrons. The van der Waals surface area contributed by atoms with Gasteiger partial charge in [0, 0.05) is 6.92 Å². The second-order valence-electron chi connectivity index (χ2n) is 9.94. The van der Waals surface area contributed by atoms with Crippen LogP contribution in [0.4, 0.5) is 0 Å². The summed E-state index contributed by atoms with van der Waals surface area (Å²) in [6.07, 6.45) is 11.1. The number of aliphatic carboxylic acids is 1. The zero-order chi connectivity index (χ0) is 18.7. The molecular weight excluding hydrogens is 328 g/mol. The van der Waals surface area contributed by atoms with E-state index < -0.39 is 11.4 Å². The minimum absolute atomic E-state index is 0.113. The number of carboxylic acid groups (broad SMARTS) is 1. The van der Waals surface area contributed by atoms with Crippen molar-refractivity contribution in [2.75, 3.05) is 6.61 Å². The molecule has 4 heteroatoms. The van der Waals surface area contributed by atoms with Gasteiger partial charge in [-0.3, -0.25) is 9.59 Å². The molecule has 0 radical (unpaired) electrons. The van der Waals surface area contributed by atoms with Gasteiger partial charge in [0.25, 0.3) is 0 Å². The molecule has 0 saturated heterocycles. The number of esters is 1. The molecule has 4 nitrogen and oxygen atoms in total. The molecular formula is C22H32O4. The van der Waals surface area contributed by atoms with Crippen molar-refractivity contribution in [3.8, 4) is 0 Å². The van der Waals surface area contributed by atoms with Gasteiger partial charge >= 0.3 is 11.9 Å². The second kappa shape index (κ2) is 5.84. The molecule has 0 aliphatic heterocycles. The number of carboxylic acids is 1. The van der Waals surface area contributed by atoms with Crippen molar-refractivity contribution in [2.24, 2.45) is 34.0 Å². The Hall–Kier alpha value is -1.32. The first-order chi connectivity index (χ1) is 12.2. The summed E-state index contributed by atoms with van der Waals surface area (Å²) in [7, 11) is 0. The van der Waals surface area contributed by atoms with Crippen LogP contribution in [0.2, 0.25) is 0 Å². The number of ether oxygens (including phenoxy) is 1. The van der Waals surface area contributed by atoms with E-state index in [9.17, 15) is 14.7 Å². The van der Waals surface area contributed by atoms with E-state index in [0.29, 0.717) is 18.4 Å². The lowest BCUT2D eigenvalue weighted by molar-refractivity contribution is -0.177. The van der Waals surface area contributed by atoms with Crippen molar-refractivity contribution in [1.82, 2.24) is 0 Å².